The number of nitrogens with one attached hydrogen (secondary N) is 1. The summed E-state index contributed by atoms with van der Waals surface area (Å²) in [6, 6.07) is 8.87. The molecule has 1 N–H and O–H groups in total. The van der Waals surface area contributed by atoms with Gasteiger partial charge in [0.25, 0.3) is 0 Å². The molecule has 3 heterocycles. The van der Waals surface area contributed by atoms with Crippen molar-refractivity contribution in [1.29, 1.82) is 0 Å². The maximum Gasteiger partial charge on any atom is 0.417 e. The zero-order valence-corrected chi connectivity index (χ0v) is 11.5. The van der Waals surface area contributed by atoms with Crippen LogP contribution in [0.5, 0.6) is 0 Å². The Morgan fingerprint density at radius 1 is 1.27 bits per heavy atom. The molecule has 7 heteroatoms. The molecule has 0 aliphatic heterocycles. The Bertz CT molecular complexity index is 1090. The Hall–Kier alpha value is -3.22. The summed E-state index contributed by atoms with van der Waals surface area (Å²) >= 11 is 0. The molecule has 1 aromatic carbocycles. The van der Waals surface area contributed by atoms with Crippen LogP contribution in [-0.4, -0.2) is 14.4 Å². The van der Waals surface area contributed by atoms with Crippen LogP contribution in [0.25, 0.3) is 28.0 Å². The lowest BCUT2D eigenvalue weighted by Gasteiger charge is -1.98. The minimum atomic E-state index is -0.522. The maximum atomic E-state index is 11.3. The summed E-state index contributed by atoms with van der Waals surface area (Å²) < 4.78 is 6.69. The molecule has 0 amide bonds. The van der Waals surface area contributed by atoms with Crippen LogP contribution in [0.1, 0.15) is 5.56 Å². The van der Waals surface area contributed by atoms with Gasteiger partial charge in [-0.3, -0.25) is 9.38 Å². The largest absolute Gasteiger partial charge is 0.417 e. The number of pyridine rings is 1. The number of oxazole rings is 1. The van der Waals surface area contributed by atoms with Gasteiger partial charge in [-0.1, -0.05) is 12.1 Å². The molecule has 0 bridgehead atoms. The normalized spacial score (nSPS) is 11.3. The third-order valence-corrected chi connectivity index (χ3v) is 3.52. The molecular weight excluding hydrogens is 284 g/mol. The number of H-pyrrole nitrogens is 1. The van der Waals surface area contributed by atoms with Gasteiger partial charge >= 0.3 is 5.76 Å². The Labute approximate surface area is 123 Å². The van der Waals surface area contributed by atoms with Gasteiger partial charge in [0.2, 0.25) is 5.82 Å². The molecule has 3 aromatic heterocycles. The SMILES string of the molecule is Cc1ccc2nc(-c3ccc4[nH]c(=O)oc4c3)c(N=O)n2c1. The molecule has 0 fully saturated rings. The molecule has 7 nitrogen and oxygen atoms in total. The van der Waals surface area contributed by atoms with Crippen molar-refractivity contribution in [3.8, 4) is 11.3 Å². The Morgan fingerprint density at radius 2 is 2.14 bits per heavy atom. The van der Waals surface area contributed by atoms with Crippen LogP contribution in [0.2, 0.25) is 0 Å². The van der Waals surface area contributed by atoms with Crippen molar-refractivity contribution in [2.24, 2.45) is 5.18 Å². The van der Waals surface area contributed by atoms with Crippen molar-refractivity contribution in [3.63, 3.8) is 0 Å². The van der Waals surface area contributed by atoms with Gasteiger partial charge in [-0.05, 0) is 35.9 Å². The second kappa shape index (κ2) is 4.39. The van der Waals surface area contributed by atoms with E-state index in [0.717, 1.165) is 5.56 Å². The van der Waals surface area contributed by atoms with E-state index in [2.05, 4.69) is 15.1 Å². The number of rotatable bonds is 2. The van der Waals surface area contributed by atoms with Gasteiger partial charge < -0.3 is 4.42 Å². The van der Waals surface area contributed by atoms with Crippen LogP contribution in [-0.2, 0) is 0 Å². The number of hydrogen-bond acceptors (Lipinski definition) is 5. The number of fused-ring (bicyclic) bond motifs is 2. The Balaban J connectivity index is 2.02. The van der Waals surface area contributed by atoms with Gasteiger partial charge in [0.15, 0.2) is 5.58 Å². The van der Waals surface area contributed by atoms with Gasteiger partial charge in [-0.2, -0.15) is 0 Å². The van der Waals surface area contributed by atoms with Gasteiger partial charge in [0, 0.05) is 11.8 Å². The first-order valence-corrected chi connectivity index (χ1v) is 6.61. The molecule has 4 rings (SSSR count). The molecular formula is C15H10N4O3. The summed E-state index contributed by atoms with van der Waals surface area (Å²) in [5.41, 5.74) is 3.73. The van der Waals surface area contributed by atoms with E-state index in [0.29, 0.717) is 28.0 Å². The van der Waals surface area contributed by atoms with E-state index in [4.69, 9.17) is 4.42 Å². The summed E-state index contributed by atoms with van der Waals surface area (Å²) in [5, 5.41) is 3.11. The van der Waals surface area contributed by atoms with Crippen LogP contribution >= 0.6 is 0 Å². The number of imidazole rings is 1. The number of aromatic nitrogens is 3. The highest BCUT2D eigenvalue weighted by molar-refractivity contribution is 5.83. The van der Waals surface area contributed by atoms with E-state index in [1.165, 1.54) is 0 Å². The molecule has 0 spiro atoms. The monoisotopic (exact) mass is 294 g/mol. The second-order valence-electron chi connectivity index (χ2n) is 5.04. The van der Waals surface area contributed by atoms with Gasteiger partial charge in [-0.15, -0.1) is 4.91 Å². The minimum Gasteiger partial charge on any atom is -0.408 e. The van der Waals surface area contributed by atoms with E-state index >= 15 is 0 Å². The molecule has 0 aliphatic rings. The lowest BCUT2D eigenvalue weighted by atomic mass is 10.1. The summed E-state index contributed by atoms with van der Waals surface area (Å²) in [6.07, 6.45) is 1.80. The molecule has 0 unspecified atom stereocenters. The first-order chi connectivity index (χ1) is 10.7. The highest BCUT2D eigenvalue weighted by atomic mass is 16.4. The van der Waals surface area contributed by atoms with Crippen molar-refractivity contribution in [2.75, 3.05) is 0 Å². The van der Waals surface area contributed by atoms with Gasteiger partial charge in [-0.25, -0.2) is 9.78 Å². The average Bonchev–Trinajstić information content (AvgIpc) is 3.04. The highest BCUT2D eigenvalue weighted by Crippen LogP contribution is 2.32. The van der Waals surface area contributed by atoms with Crippen molar-refractivity contribution in [2.45, 2.75) is 6.92 Å². The highest BCUT2D eigenvalue weighted by Gasteiger charge is 2.16. The fourth-order valence-corrected chi connectivity index (χ4v) is 2.51. The average molecular weight is 294 g/mol. The van der Waals surface area contributed by atoms with Gasteiger partial charge in [0.1, 0.15) is 11.3 Å². The molecule has 22 heavy (non-hydrogen) atoms. The van der Waals surface area contributed by atoms with Gasteiger partial charge in [0.05, 0.1) is 5.52 Å². The molecule has 0 saturated heterocycles. The van der Waals surface area contributed by atoms with Crippen LogP contribution in [0.15, 0.2) is 50.9 Å². The standard InChI is InChI=1S/C15H10N4O3/c1-8-2-5-12-17-13(14(18-21)19(12)7-8)9-3-4-10-11(6-9)22-15(20)16-10/h2-7H,1H3,(H,16,20). The zero-order chi connectivity index (χ0) is 15.3. The third-order valence-electron chi connectivity index (χ3n) is 3.52. The Morgan fingerprint density at radius 3 is 2.95 bits per heavy atom. The number of aromatic amines is 1. The predicted octanol–water partition coefficient (Wildman–Crippen LogP) is 3.14. The first-order valence-electron chi connectivity index (χ1n) is 6.61. The smallest absolute Gasteiger partial charge is 0.408 e. The van der Waals surface area contributed by atoms with E-state index in [1.54, 1.807) is 28.8 Å². The number of hydrogen-bond donors (Lipinski definition) is 1. The van der Waals surface area contributed by atoms with Crippen molar-refractivity contribution in [1.82, 2.24) is 14.4 Å². The first kappa shape index (κ1) is 12.5. The van der Waals surface area contributed by atoms with E-state index in [-0.39, 0.29) is 5.82 Å². The minimum absolute atomic E-state index is 0.218. The molecule has 108 valence electrons. The lowest BCUT2D eigenvalue weighted by molar-refractivity contribution is 0.555. The van der Waals surface area contributed by atoms with Crippen molar-refractivity contribution >= 4 is 22.6 Å². The van der Waals surface area contributed by atoms with Crippen LogP contribution < -0.4 is 5.76 Å². The summed E-state index contributed by atoms with van der Waals surface area (Å²) in [5.74, 6) is -0.303. The van der Waals surface area contributed by atoms with Crippen LogP contribution in [0, 0.1) is 11.8 Å². The van der Waals surface area contributed by atoms with Crippen molar-refractivity contribution in [3.05, 3.63) is 57.5 Å². The van der Waals surface area contributed by atoms with E-state index < -0.39 is 5.76 Å². The fourth-order valence-electron chi connectivity index (χ4n) is 2.51. The number of aryl methyl sites for hydroxylation is 1. The number of nitrogens with zero attached hydrogens (tertiary/aromatic N) is 3. The van der Waals surface area contributed by atoms with Crippen LogP contribution in [0.3, 0.4) is 0 Å². The molecule has 4 aromatic rings. The lowest BCUT2D eigenvalue weighted by Crippen LogP contribution is -1.92. The summed E-state index contributed by atoms with van der Waals surface area (Å²) in [4.78, 5) is 29.5. The topological polar surface area (TPSA) is 92.7 Å². The number of benzene rings is 1. The molecule has 0 saturated carbocycles. The maximum absolute atomic E-state index is 11.3. The van der Waals surface area contributed by atoms with Crippen LogP contribution in [0.4, 0.5) is 5.82 Å². The molecule has 0 atom stereocenters. The third kappa shape index (κ3) is 1.76. The van der Waals surface area contributed by atoms with Crippen molar-refractivity contribution < 1.29 is 4.42 Å². The summed E-state index contributed by atoms with van der Waals surface area (Å²) in [6.45, 7) is 1.92. The molecule has 0 radical (unpaired) electrons. The summed E-state index contributed by atoms with van der Waals surface area (Å²) in [7, 11) is 0. The number of nitroso groups, excluding NO2 is 1. The quantitative estimate of drug-likeness (QED) is 0.575. The second-order valence-corrected chi connectivity index (χ2v) is 5.04. The van der Waals surface area contributed by atoms with E-state index in [9.17, 15) is 9.70 Å². The van der Waals surface area contributed by atoms with E-state index in [1.807, 2.05) is 19.1 Å². The fraction of sp³-hybridized carbons (Fsp3) is 0.0667. The Kier molecular flexibility index (Phi) is 2.50. The zero-order valence-electron chi connectivity index (χ0n) is 11.5. The predicted molar refractivity (Wildman–Crippen MR) is 81.2 cm³/mol. The molecule has 0 aliphatic carbocycles.